The van der Waals surface area contributed by atoms with Crippen LogP contribution in [0.1, 0.15) is 26.2 Å². The molecule has 1 atom stereocenters. The number of nitrogens with one attached hydrogen (secondary N) is 1. The number of thioether (sulfide) groups is 1. The van der Waals surface area contributed by atoms with Crippen molar-refractivity contribution in [3.8, 4) is 0 Å². The molecule has 0 unspecified atom stereocenters. The Morgan fingerprint density at radius 2 is 2.00 bits per heavy atom. The Bertz CT molecular complexity index is 163. The van der Waals surface area contributed by atoms with E-state index >= 15 is 0 Å². The molecule has 0 aromatic heterocycles. The standard InChI is InChI=1S/C11H22N2S/c1-2-13(11-5-8-14-9-11)10-3-6-12-7-4-10/h10-12H,2-9H2,1H3/t11-/m1/s1. The molecular formula is C11H22N2S. The largest absolute Gasteiger partial charge is 0.317 e. The van der Waals surface area contributed by atoms with E-state index in [9.17, 15) is 0 Å². The zero-order chi connectivity index (χ0) is 9.80. The fourth-order valence-electron chi connectivity index (χ4n) is 2.74. The van der Waals surface area contributed by atoms with Gasteiger partial charge in [-0.1, -0.05) is 6.92 Å². The van der Waals surface area contributed by atoms with Crippen LogP contribution in [0.15, 0.2) is 0 Å². The van der Waals surface area contributed by atoms with Crippen molar-refractivity contribution in [3.05, 3.63) is 0 Å². The first-order chi connectivity index (χ1) is 6.92. The van der Waals surface area contributed by atoms with Crippen LogP contribution in [0.5, 0.6) is 0 Å². The molecule has 1 N–H and O–H groups in total. The van der Waals surface area contributed by atoms with Crippen molar-refractivity contribution in [2.45, 2.75) is 38.3 Å². The zero-order valence-electron chi connectivity index (χ0n) is 9.17. The van der Waals surface area contributed by atoms with Crippen LogP contribution in [0.4, 0.5) is 0 Å². The SMILES string of the molecule is CCN(C1CCNCC1)[C@@H]1CCSC1. The van der Waals surface area contributed by atoms with Gasteiger partial charge in [0.15, 0.2) is 0 Å². The number of nitrogens with zero attached hydrogens (tertiary/aromatic N) is 1. The topological polar surface area (TPSA) is 15.3 Å². The van der Waals surface area contributed by atoms with Crippen molar-refractivity contribution in [2.24, 2.45) is 0 Å². The van der Waals surface area contributed by atoms with E-state index in [1.54, 1.807) is 0 Å². The van der Waals surface area contributed by atoms with Gasteiger partial charge < -0.3 is 5.32 Å². The fraction of sp³-hybridized carbons (Fsp3) is 1.00. The fourth-order valence-corrected chi connectivity index (χ4v) is 3.97. The van der Waals surface area contributed by atoms with Crippen molar-refractivity contribution in [1.82, 2.24) is 10.2 Å². The van der Waals surface area contributed by atoms with E-state index in [0.29, 0.717) is 0 Å². The molecule has 0 aromatic rings. The minimum Gasteiger partial charge on any atom is -0.317 e. The number of rotatable bonds is 3. The summed E-state index contributed by atoms with van der Waals surface area (Å²) >= 11 is 2.13. The van der Waals surface area contributed by atoms with Gasteiger partial charge in [-0.3, -0.25) is 4.90 Å². The van der Waals surface area contributed by atoms with Gasteiger partial charge in [0.1, 0.15) is 0 Å². The van der Waals surface area contributed by atoms with E-state index in [1.807, 2.05) is 0 Å². The maximum absolute atomic E-state index is 3.45. The first-order valence-electron chi connectivity index (χ1n) is 5.96. The monoisotopic (exact) mass is 214 g/mol. The Hall–Kier alpha value is 0.270. The Balaban J connectivity index is 1.89. The van der Waals surface area contributed by atoms with Crippen LogP contribution in [-0.2, 0) is 0 Å². The summed E-state index contributed by atoms with van der Waals surface area (Å²) in [5.74, 6) is 2.75. The molecule has 3 heteroatoms. The summed E-state index contributed by atoms with van der Waals surface area (Å²) in [6, 6.07) is 1.75. The van der Waals surface area contributed by atoms with Crippen molar-refractivity contribution >= 4 is 11.8 Å². The third-order valence-corrected chi connectivity index (χ3v) is 4.66. The van der Waals surface area contributed by atoms with Crippen molar-refractivity contribution in [3.63, 3.8) is 0 Å². The molecule has 0 saturated carbocycles. The van der Waals surface area contributed by atoms with Gasteiger partial charge in [0.25, 0.3) is 0 Å². The quantitative estimate of drug-likeness (QED) is 0.768. The van der Waals surface area contributed by atoms with Gasteiger partial charge >= 0.3 is 0 Å². The van der Waals surface area contributed by atoms with Crippen LogP contribution >= 0.6 is 11.8 Å². The Labute approximate surface area is 91.8 Å². The average Bonchev–Trinajstić information content (AvgIpc) is 2.74. The third kappa shape index (κ3) is 2.44. The highest BCUT2D eigenvalue weighted by Crippen LogP contribution is 2.26. The van der Waals surface area contributed by atoms with E-state index in [-0.39, 0.29) is 0 Å². The molecule has 82 valence electrons. The minimum absolute atomic E-state index is 0.866. The summed E-state index contributed by atoms with van der Waals surface area (Å²) < 4.78 is 0. The molecule has 0 amide bonds. The van der Waals surface area contributed by atoms with Crippen molar-refractivity contribution in [1.29, 1.82) is 0 Å². The second-order valence-electron chi connectivity index (χ2n) is 4.33. The summed E-state index contributed by atoms with van der Waals surface area (Å²) in [5, 5.41) is 3.45. The summed E-state index contributed by atoms with van der Waals surface area (Å²) in [4.78, 5) is 2.76. The lowest BCUT2D eigenvalue weighted by Crippen LogP contribution is -2.48. The van der Waals surface area contributed by atoms with Crippen LogP contribution in [-0.4, -0.2) is 48.1 Å². The first kappa shape index (κ1) is 10.8. The van der Waals surface area contributed by atoms with Crippen molar-refractivity contribution in [2.75, 3.05) is 31.1 Å². The second-order valence-corrected chi connectivity index (χ2v) is 5.48. The average molecular weight is 214 g/mol. The lowest BCUT2D eigenvalue weighted by atomic mass is 10.0. The van der Waals surface area contributed by atoms with Gasteiger partial charge in [-0.25, -0.2) is 0 Å². The van der Waals surface area contributed by atoms with E-state index in [1.165, 1.54) is 50.4 Å². The van der Waals surface area contributed by atoms with E-state index in [4.69, 9.17) is 0 Å². The van der Waals surface area contributed by atoms with Gasteiger partial charge in [-0.2, -0.15) is 11.8 Å². The van der Waals surface area contributed by atoms with E-state index < -0.39 is 0 Å². The van der Waals surface area contributed by atoms with Gasteiger partial charge in [0.05, 0.1) is 0 Å². The smallest absolute Gasteiger partial charge is 0.0197 e. The molecule has 2 heterocycles. The molecule has 2 rings (SSSR count). The van der Waals surface area contributed by atoms with E-state index in [0.717, 1.165) is 12.1 Å². The Morgan fingerprint density at radius 3 is 2.57 bits per heavy atom. The molecule has 0 aliphatic carbocycles. The predicted octanol–water partition coefficient (Wildman–Crippen LogP) is 1.57. The number of hydrogen-bond donors (Lipinski definition) is 1. The van der Waals surface area contributed by atoms with Gasteiger partial charge in [-0.15, -0.1) is 0 Å². The molecule has 0 bridgehead atoms. The second kappa shape index (κ2) is 5.38. The van der Waals surface area contributed by atoms with Crippen LogP contribution in [0, 0.1) is 0 Å². The molecule has 2 aliphatic rings. The highest BCUT2D eigenvalue weighted by atomic mass is 32.2. The maximum atomic E-state index is 3.45. The normalized spacial score (nSPS) is 30.0. The molecule has 2 nitrogen and oxygen atoms in total. The molecule has 2 aliphatic heterocycles. The summed E-state index contributed by atoms with van der Waals surface area (Å²) in [7, 11) is 0. The molecule has 0 radical (unpaired) electrons. The summed E-state index contributed by atoms with van der Waals surface area (Å²) in [5.41, 5.74) is 0. The van der Waals surface area contributed by atoms with Gasteiger partial charge in [0.2, 0.25) is 0 Å². The van der Waals surface area contributed by atoms with Crippen LogP contribution < -0.4 is 5.32 Å². The molecular weight excluding hydrogens is 192 g/mol. The molecule has 2 saturated heterocycles. The molecule has 0 spiro atoms. The summed E-state index contributed by atoms with van der Waals surface area (Å²) in [6.07, 6.45) is 4.13. The van der Waals surface area contributed by atoms with E-state index in [2.05, 4.69) is 28.9 Å². The van der Waals surface area contributed by atoms with Crippen LogP contribution in [0.3, 0.4) is 0 Å². The van der Waals surface area contributed by atoms with Gasteiger partial charge in [0, 0.05) is 17.8 Å². The highest BCUT2D eigenvalue weighted by molar-refractivity contribution is 7.99. The number of hydrogen-bond acceptors (Lipinski definition) is 3. The highest BCUT2D eigenvalue weighted by Gasteiger charge is 2.28. The molecule has 2 fully saturated rings. The number of piperidine rings is 1. The third-order valence-electron chi connectivity index (χ3n) is 3.52. The lowest BCUT2D eigenvalue weighted by molar-refractivity contribution is 0.127. The summed E-state index contributed by atoms with van der Waals surface area (Å²) in [6.45, 7) is 6.02. The predicted molar refractivity (Wildman–Crippen MR) is 64.0 cm³/mol. The zero-order valence-corrected chi connectivity index (χ0v) is 9.98. The lowest BCUT2D eigenvalue weighted by Gasteiger charge is -2.37. The van der Waals surface area contributed by atoms with Crippen LogP contribution in [0.2, 0.25) is 0 Å². The molecule has 0 aromatic carbocycles. The van der Waals surface area contributed by atoms with Crippen LogP contribution in [0.25, 0.3) is 0 Å². The Morgan fingerprint density at radius 1 is 1.21 bits per heavy atom. The van der Waals surface area contributed by atoms with Gasteiger partial charge in [-0.05, 0) is 44.6 Å². The minimum atomic E-state index is 0.866. The molecule has 14 heavy (non-hydrogen) atoms. The first-order valence-corrected chi connectivity index (χ1v) is 7.11. The Kier molecular flexibility index (Phi) is 4.14. The maximum Gasteiger partial charge on any atom is 0.0197 e. The van der Waals surface area contributed by atoms with Crippen molar-refractivity contribution < 1.29 is 0 Å².